The van der Waals surface area contributed by atoms with E-state index < -0.39 is 22.2 Å². The molecule has 4 nitrogen and oxygen atoms in total. The molecule has 0 heterocycles. The van der Waals surface area contributed by atoms with Crippen LogP contribution in [0.3, 0.4) is 0 Å². The van der Waals surface area contributed by atoms with Gasteiger partial charge in [-0.15, -0.1) is 11.6 Å². The molecule has 4 atom stereocenters. The molecule has 1 rings (SSSR count). The molecule has 0 aliphatic heterocycles. The summed E-state index contributed by atoms with van der Waals surface area (Å²) >= 11 is 6.42. The van der Waals surface area contributed by atoms with Crippen LogP contribution in [0.15, 0.2) is 35.2 Å². The molecule has 0 saturated carbocycles. The van der Waals surface area contributed by atoms with E-state index in [1.165, 1.54) is 0 Å². The van der Waals surface area contributed by atoms with E-state index in [4.69, 9.17) is 11.6 Å². The van der Waals surface area contributed by atoms with Crippen molar-refractivity contribution in [3.8, 4) is 0 Å². The number of unbranched alkanes of at least 4 members (excludes halogenated alkanes) is 2. The van der Waals surface area contributed by atoms with E-state index in [0.717, 1.165) is 25.7 Å². The predicted molar refractivity (Wildman–Crippen MR) is 99.8 cm³/mol. The summed E-state index contributed by atoms with van der Waals surface area (Å²) in [5, 5.41) is 9.80. The Hall–Kier alpha value is -0.620. The number of alkyl halides is 1. The molecule has 0 spiro atoms. The fourth-order valence-corrected chi connectivity index (χ4v) is 4.29. The molecule has 0 aliphatic carbocycles. The van der Waals surface area contributed by atoms with Gasteiger partial charge in [0.25, 0.3) is 0 Å². The zero-order valence-electron chi connectivity index (χ0n) is 14.8. The van der Waals surface area contributed by atoms with Crippen molar-refractivity contribution < 1.29 is 13.5 Å². The van der Waals surface area contributed by atoms with Crippen molar-refractivity contribution in [1.82, 2.24) is 4.72 Å². The molecule has 24 heavy (non-hydrogen) atoms. The van der Waals surface area contributed by atoms with Crippen molar-refractivity contribution in [2.75, 3.05) is 0 Å². The van der Waals surface area contributed by atoms with Crippen LogP contribution in [0.1, 0.15) is 52.9 Å². The number of aliphatic hydroxyl groups is 1. The summed E-state index contributed by atoms with van der Waals surface area (Å²) in [4.78, 5) is 0.227. The minimum Gasteiger partial charge on any atom is -0.393 e. The first-order chi connectivity index (χ1) is 11.3. The lowest BCUT2D eigenvalue weighted by molar-refractivity contribution is 0.113. The second-order valence-electron chi connectivity index (χ2n) is 6.47. The first kappa shape index (κ1) is 21.4. The van der Waals surface area contributed by atoms with Crippen LogP contribution in [-0.4, -0.2) is 31.0 Å². The molecule has 0 aromatic heterocycles. The first-order valence-electron chi connectivity index (χ1n) is 8.67. The van der Waals surface area contributed by atoms with Crippen molar-refractivity contribution in [1.29, 1.82) is 0 Å². The van der Waals surface area contributed by atoms with Gasteiger partial charge >= 0.3 is 0 Å². The van der Waals surface area contributed by atoms with Gasteiger partial charge in [0.1, 0.15) is 0 Å². The summed E-state index contributed by atoms with van der Waals surface area (Å²) in [5.41, 5.74) is 0. The number of aliphatic hydroxyl groups excluding tert-OH is 1. The molecule has 6 heteroatoms. The molecular weight excluding hydrogens is 346 g/mol. The molecule has 2 unspecified atom stereocenters. The number of sulfonamides is 1. The van der Waals surface area contributed by atoms with E-state index in [2.05, 4.69) is 11.6 Å². The number of hydrogen-bond donors (Lipinski definition) is 2. The van der Waals surface area contributed by atoms with Crippen LogP contribution < -0.4 is 4.72 Å². The third-order valence-corrected chi connectivity index (χ3v) is 6.29. The second kappa shape index (κ2) is 10.4. The fraction of sp³-hybridized carbons (Fsp3) is 0.667. The van der Waals surface area contributed by atoms with Gasteiger partial charge in [-0.25, -0.2) is 13.1 Å². The topological polar surface area (TPSA) is 66.4 Å². The SMILES string of the molecule is CCCCCC(Cl)CC(NS(=O)(=O)c1ccccc1)[C@H](C)[C@H](C)O. The van der Waals surface area contributed by atoms with E-state index in [9.17, 15) is 13.5 Å². The smallest absolute Gasteiger partial charge is 0.240 e. The third kappa shape index (κ3) is 7.09. The predicted octanol–water partition coefficient (Wildman–Crippen LogP) is 3.93. The molecule has 1 aromatic carbocycles. The molecule has 138 valence electrons. The highest BCUT2D eigenvalue weighted by Crippen LogP contribution is 2.22. The van der Waals surface area contributed by atoms with Gasteiger partial charge in [0.05, 0.1) is 11.0 Å². The zero-order chi connectivity index (χ0) is 18.2. The molecule has 0 amide bonds. The van der Waals surface area contributed by atoms with Crippen LogP contribution in [0.5, 0.6) is 0 Å². The van der Waals surface area contributed by atoms with Crippen molar-refractivity contribution in [3.05, 3.63) is 30.3 Å². The Balaban J connectivity index is 2.83. The van der Waals surface area contributed by atoms with E-state index in [0.29, 0.717) is 6.42 Å². The van der Waals surface area contributed by atoms with Crippen LogP contribution in [0, 0.1) is 5.92 Å². The van der Waals surface area contributed by atoms with Crippen LogP contribution in [0.2, 0.25) is 0 Å². The highest BCUT2D eigenvalue weighted by atomic mass is 35.5. The van der Waals surface area contributed by atoms with Gasteiger partial charge < -0.3 is 5.11 Å². The first-order valence-corrected chi connectivity index (χ1v) is 10.6. The summed E-state index contributed by atoms with van der Waals surface area (Å²) < 4.78 is 27.9. The standard InChI is InChI=1S/C18H30ClNO3S/c1-4-5-7-10-16(19)13-18(14(2)15(3)21)20-24(22,23)17-11-8-6-9-12-17/h6,8-9,11-12,14-16,18,20-21H,4-5,7,10,13H2,1-3H3/t14-,15+,16?,18?/m1/s1. The average Bonchev–Trinajstić information content (AvgIpc) is 2.54. The summed E-state index contributed by atoms with van der Waals surface area (Å²) in [5.74, 6) is -0.226. The highest BCUT2D eigenvalue weighted by molar-refractivity contribution is 7.89. The maximum atomic E-state index is 12.6. The molecule has 1 aromatic rings. The number of benzene rings is 1. The largest absolute Gasteiger partial charge is 0.393 e. The monoisotopic (exact) mass is 375 g/mol. The summed E-state index contributed by atoms with van der Waals surface area (Å²) in [6.07, 6.45) is 4.02. The Morgan fingerprint density at radius 1 is 1.17 bits per heavy atom. The zero-order valence-corrected chi connectivity index (χ0v) is 16.4. The van der Waals surface area contributed by atoms with Crippen LogP contribution in [-0.2, 0) is 10.0 Å². The van der Waals surface area contributed by atoms with Gasteiger partial charge in [-0.2, -0.15) is 0 Å². The average molecular weight is 376 g/mol. The van der Waals surface area contributed by atoms with Gasteiger partial charge in [0.15, 0.2) is 0 Å². The molecule has 0 saturated heterocycles. The van der Waals surface area contributed by atoms with Gasteiger partial charge in [-0.1, -0.05) is 51.3 Å². The fourth-order valence-electron chi connectivity index (χ4n) is 2.58. The number of hydrogen-bond acceptors (Lipinski definition) is 3. The molecular formula is C18H30ClNO3S. The quantitative estimate of drug-likeness (QED) is 0.455. The Labute approximate surface area is 151 Å². The molecule has 0 radical (unpaired) electrons. The van der Waals surface area contributed by atoms with Crippen LogP contribution >= 0.6 is 11.6 Å². The highest BCUT2D eigenvalue weighted by Gasteiger charge is 2.28. The number of halogens is 1. The Bertz CT molecular complexity index is 563. The summed E-state index contributed by atoms with van der Waals surface area (Å²) in [7, 11) is -3.63. The third-order valence-electron chi connectivity index (χ3n) is 4.39. The maximum Gasteiger partial charge on any atom is 0.240 e. The Morgan fingerprint density at radius 2 is 1.79 bits per heavy atom. The van der Waals surface area contributed by atoms with Crippen molar-refractivity contribution in [2.24, 2.45) is 5.92 Å². The lowest BCUT2D eigenvalue weighted by Crippen LogP contribution is -2.44. The van der Waals surface area contributed by atoms with Gasteiger partial charge in [0, 0.05) is 11.4 Å². The minimum atomic E-state index is -3.63. The summed E-state index contributed by atoms with van der Waals surface area (Å²) in [6.45, 7) is 5.66. The van der Waals surface area contributed by atoms with Crippen LogP contribution in [0.4, 0.5) is 0 Å². The normalized spacial score (nSPS) is 17.2. The van der Waals surface area contributed by atoms with E-state index in [1.807, 2.05) is 6.92 Å². The van der Waals surface area contributed by atoms with Gasteiger partial charge in [-0.05, 0) is 37.8 Å². The molecule has 0 aliphatic rings. The Morgan fingerprint density at radius 3 is 2.33 bits per heavy atom. The van der Waals surface area contributed by atoms with E-state index in [1.54, 1.807) is 37.3 Å². The van der Waals surface area contributed by atoms with Crippen molar-refractivity contribution >= 4 is 21.6 Å². The van der Waals surface area contributed by atoms with E-state index in [-0.39, 0.29) is 16.2 Å². The van der Waals surface area contributed by atoms with Crippen molar-refractivity contribution in [3.63, 3.8) is 0 Å². The number of nitrogens with one attached hydrogen (secondary N) is 1. The molecule has 0 fully saturated rings. The molecule has 0 bridgehead atoms. The number of rotatable bonds is 11. The van der Waals surface area contributed by atoms with Crippen molar-refractivity contribution in [2.45, 2.75) is 75.3 Å². The Kier molecular flexibility index (Phi) is 9.27. The van der Waals surface area contributed by atoms with E-state index >= 15 is 0 Å². The second-order valence-corrected chi connectivity index (χ2v) is 8.80. The lowest BCUT2D eigenvalue weighted by Gasteiger charge is -2.28. The van der Waals surface area contributed by atoms with Gasteiger partial charge in [0.2, 0.25) is 10.0 Å². The maximum absolute atomic E-state index is 12.6. The minimum absolute atomic E-state index is 0.110. The molecule has 2 N–H and O–H groups in total. The van der Waals surface area contributed by atoms with Gasteiger partial charge in [-0.3, -0.25) is 0 Å². The summed E-state index contributed by atoms with van der Waals surface area (Å²) in [6, 6.07) is 7.88. The lowest BCUT2D eigenvalue weighted by atomic mass is 9.92. The van der Waals surface area contributed by atoms with Crippen LogP contribution in [0.25, 0.3) is 0 Å².